The van der Waals surface area contributed by atoms with Crippen molar-refractivity contribution in [2.24, 2.45) is 0 Å². The molecule has 0 aliphatic rings. The molecule has 0 spiro atoms. The van der Waals surface area contributed by atoms with Crippen molar-refractivity contribution >= 4 is 23.6 Å². The van der Waals surface area contributed by atoms with Crippen molar-refractivity contribution in [2.75, 3.05) is 6.61 Å². The zero-order chi connectivity index (χ0) is 19.8. The van der Waals surface area contributed by atoms with Gasteiger partial charge in [0.2, 0.25) is 0 Å². The number of rotatable bonds is 8. The van der Waals surface area contributed by atoms with Crippen LogP contribution in [0.5, 0.6) is 5.75 Å². The minimum atomic E-state index is -0.459. The van der Waals surface area contributed by atoms with Gasteiger partial charge in [0.15, 0.2) is 0 Å². The molecule has 0 fully saturated rings. The second kappa shape index (κ2) is 9.49. The van der Waals surface area contributed by atoms with Gasteiger partial charge in [-0.15, -0.1) is 0 Å². The summed E-state index contributed by atoms with van der Waals surface area (Å²) in [5.41, 5.74) is 0.742. The molecular formula is C21H18ClN3O3. The monoisotopic (exact) mass is 395 g/mol. The lowest BCUT2D eigenvalue weighted by Gasteiger charge is -2.10. The van der Waals surface area contributed by atoms with Gasteiger partial charge < -0.3 is 19.0 Å². The zero-order valence-corrected chi connectivity index (χ0v) is 15.7. The normalized spacial score (nSPS) is 11.1. The van der Waals surface area contributed by atoms with E-state index in [9.17, 15) is 10.1 Å². The lowest BCUT2D eigenvalue weighted by molar-refractivity contribution is -0.117. The Labute approximate surface area is 167 Å². The minimum absolute atomic E-state index is 0.0125. The Hall–Kier alpha value is -3.43. The predicted molar refractivity (Wildman–Crippen MR) is 106 cm³/mol. The summed E-state index contributed by atoms with van der Waals surface area (Å²) in [4.78, 5) is 12.3. The molecule has 6 nitrogen and oxygen atoms in total. The number of nitrogens with zero attached hydrogens (tertiary/aromatic N) is 2. The number of ether oxygens (including phenoxy) is 1. The van der Waals surface area contributed by atoms with E-state index in [1.54, 1.807) is 30.3 Å². The van der Waals surface area contributed by atoms with Gasteiger partial charge in [-0.2, -0.15) is 5.26 Å². The van der Waals surface area contributed by atoms with Gasteiger partial charge in [-0.1, -0.05) is 23.7 Å². The van der Waals surface area contributed by atoms with Crippen LogP contribution in [0.4, 0.5) is 0 Å². The molecule has 0 unspecified atom stereocenters. The van der Waals surface area contributed by atoms with Gasteiger partial charge >= 0.3 is 0 Å². The van der Waals surface area contributed by atoms with Crippen molar-refractivity contribution in [1.82, 2.24) is 9.88 Å². The Kier molecular flexibility index (Phi) is 6.55. The molecule has 0 saturated carbocycles. The highest BCUT2D eigenvalue weighted by Gasteiger charge is 2.11. The van der Waals surface area contributed by atoms with Gasteiger partial charge in [0.05, 0.1) is 24.4 Å². The van der Waals surface area contributed by atoms with Gasteiger partial charge in [0, 0.05) is 11.9 Å². The first-order chi connectivity index (χ1) is 13.7. The van der Waals surface area contributed by atoms with Crippen LogP contribution >= 0.6 is 11.6 Å². The molecule has 1 N–H and O–H groups in total. The molecule has 7 heteroatoms. The number of hydrogen-bond acceptors (Lipinski definition) is 4. The van der Waals surface area contributed by atoms with Crippen molar-refractivity contribution in [3.8, 4) is 11.8 Å². The van der Waals surface area contributed by atoms with Crippen LogP contribution in [0.15, 0.2) is 71.0 Å². The van der Waals surface area contributed by atoms with Crippen LogP contribution in [0.1, 0.15) is 11.5 Å². The number of carbonyl (C=O) groups is 1. The Bertz CT molecular complexity index is 1000. The average Bonchev–Trinajstić information content (AvgIpc) is 3.37. The first kappa shape index (κ1) is 19.3. The number of benzene rings is 1. The van der Waals surface area contributed by atoms with Gasteiger partial charge in [-0.25, -0.2) is 0 Å². The molecule has 0 aliphatic carbocycles. The van der Waals surface area contributed by atoms with Crippen molar-refractivity contribution in [3.63, 3.8) is 0 Å². The minimum Gasteiger partial charge on any atom is -0.490 e. The molecule has 3 rings (SSSR count). The van der Waals surface area contributed by atoms with E-state index in [4.69, 9.17) is 20.8 Å². The quantitative estimate of drug-likeness (QED) is 0.461. The van der Waals surface area contributed by atoms with Crippen molar-refractivity contribution < 1.29 is 13.9 Å². The molecule has 0 bridgehead atoms. The number of nitrogens with one attached hydrogen (secondary N) is 1. The Morgan fingerprint density at radius 3 is 2.86 bits per heavy atom. The Balaban J connectivity index is 1.61. The maximum atomic E-state index is 12.3. The van der Waals surface area contributed by atoms with Crippen molar-refractivity contribution in [1.29, 1.82) is 5.26 Å². The van der Waals surface area contributed by atoms with Crippen molar-refractivity contribution in [2.45, 2.75) is 13.1 Å². The summed E-state index contributed by atoms with van der Waals surface area (Å²) < 4.78 is 12.8. The van der Waals surface area contributed by atoms with Gasteiger partial charge in [-0.3, -0.25) is 4.79 Å². The Morgan fingerprint density at radius 2 is 2.11 bits per heavy atom. The molecule has 2 heterocycles. The fourth-order valence-electron chi connectivity index (χ4n) is 2.55. The lowest BCUT2D eigenvalue weighted by Crippen LogP contribution is -2.23. The first-order valence-electron chi connectivity index (χ1n) is 8.62. The maximum absolute atomic E-state index is 12.3. The third-order valence-electron chi connectivity index (χ3n) is 3.95. The molecule has 0 aliphatic heterocycles. The van der Waals surface area contributed by atoms with Crippen LogP contribution in [0, 0.1) is 11.3 Å². The molecule has 1 amide bonds. The van der Waals surface area contributed by atoms with E-state index in [1.807, 2.05) is 41.1 Å². The molecule has 142 valence electrons. The van der Waals surface area contributed by atoms with Crippen LogP contribution < -0.4 is 10.1 Å². The highest BCUT2D eigenvalue weighted by molar-refractivity contribution is 6.32. The molecule has 0 radical (unpaired) electrons. The number of halogens is 1. The van der Waals surface area contributed by atoms with Crippen LogP contribution in [-0.2, 0) is 17.9 Å². The largest absolute Gasteiger partial charge is 0.490 e. The zero-order valence-electron chi connectivity index (χ0n) is 15.0. The van der Waals surface area contributed by atoms with Gasteiger partial charge in [0.25, 0.3) is 5.91 Å². The average molecular weight is 396 g/mol. The SMILES string of the molecule is N#CC(=Cc1cccn1CCOc1ccccc1Cl)C(=O)NCc1ccco1. The summed E-state index contributed by atoms with van der Waals surface area (Å²) in [5, 5.41) is 12.6. The molecule has 3 aromatic rings. The number of para-hydroxylation sites is 1. The number of amides is 1. The molecule has 2 aromatic heterocycles. The van der Waals surface area contributed by atoms with E-state index in [1.165, 1.54) is 6.26 Å². The number of nitriles is 1. The lowest BCUT2D eigenvalue weighted by atomic mass is 10.2. The van der Waals surface area contributed by atoms with E-state index in [0.29, 0.717) is 29.7 Å². The van der Waals surface area contributed by atoms with Crippen molar-refractivity contribution in [3.05, 3.63) is 83.0 Å². The standard InChI is InChI=1S/C21H18ClN3O3/c22-19-7-1-2-8-20(19)28-12-10-25-9-3-5-17(25)13-16(14-23)21(26)24-15-18-6-4-11-27-18/h1-9,11,13H,10,12,15H2,(H,24,26). The second-order valence-electron chi connectivity index (χ2n) is 5.84. The first-order valence-corrected chi connectivity index (χ1v) is 9.00. The van der Waals surface area contributed by atoms with Crippen LogP contribution in [-0.4, -0.2) is 17.1 Å². The Morgan fingerprint density at radius 1 is 1.25 bits per heavy atom. The summed E-state index contributed by atoms with van der Waals surface area (Å²) >= 11 is 6.08. The maximum Gasteiger partial charge on any atom is 0.262 e. The number of furan rings is 1. The van der Waals surface area contributed by atoms with Crippen LogP contribution in [0.3, 0.4) is 0 Å². The smallest absolute Gasteiger partial charge is 0.262 e. The van der Waals surface area contributed by atoms with E-state index < -0.39 is 5.91 Å². The molecule has 0 atom stereocenters. The number of carbonyl (C=O) groups excluding carboxylic acids is 1. The van der Waals surface area contributed by atoms with Gasteiger partial charge in [0.1, 0.15) is 29.8 Å². The highest BCUT2D eigenvalue weighted by atomic mass is 35.5. The molecule has 0 saturated heterocycles. The fraction of sp³-hybridized carbons (Fsp3) is 0.143. The van der Waals surface area contributed by atoms with Gasteiger partial charge in [-0.05, 0) is 42.5 Å². The second-order valence-corrected chi connectivity index (χ2v) is 6.24. The molecular weight excluding hydrogens is 378 g/mol. The number of aromatic nitrogens is 1. The molecule has 1 aromatic carbocycles. The topological polar surface area (TPSA) is 80.2 Å². The van der Waals surface area contributed by atoms with Crippen LogP contribution in [0.25, 0.3) is 6.08 Å². The number of hydrogen-bond donors (Lipinski definition) is 1. The van der Waals surface area contributed by atoms with E-state index in [0.717, 1.165) is 5.69 Å². The molecule has 28 heavy (non-hydrogen) atoms. The van der Waals surface area contributed by atoms with E-state index in [-0.39, 0.29) is 12.1 Å². The summed E-state index contributed by atoms with van der Waals surface area (Å²) in [6.45, 7) is 1.15. The van der Waals surface area contributed by atoms with Crippen LogP contribution in [0.2, 0.25) is 5.02 Å². The predicted octanol–water partition coefficient (Wildman–Crippen LogP) is 4.04. The fourth-order valence-corrected chi connectivity index (χ4v) is 2.74. The van der Waals surface area contributed by atoms with E-state index >= 15 is 0 Å². The van der Waals surface area contributed by atoms with E-state index in [2.05, 4.69) is 5.32 Å². The third-order valence-corrected chi connectivity index (χ3v) is 4.26. The highest BCUT2D eigenvalue weighted by Crippen LogP contribution is 2.23. The summed E-state index contributed by atoms with van der Waals surface area (Å²) in [7, 11) is 0. The summed E-state index contributed by atoms with van der Waals surface area (Å²) in [6.07, 6.45) is 4.94. The third kappa shape index (κ3) is 5.06. The summed E-state index contributed by atoms with van der Waals surface area (Å²) in [6, 6.07) is 16.4. The summed E-state index contributed by atoms with van der Waals surface area (Å²) in [5.74, 6) is 0.771.